The van der Waals surface area contributed by atoms with Crippen molar-refractivity contribution in [3.63, 3.8) is 0 Å². The van der Waals surface area contributed by atoms with E-state index in [1.807, 2.05) is 24.6 Å². The average molecular weight is 220 g/mol. The van der Waals surface area contributed by atoms with Crippen molar-refractivity contribution >= 4 is 10.9 Å². The number of aryl methyl sites for hydroxylation is 2. The zero-order valence-corrected chi connectivity index (χ0v) is 9.70. The van der Waals surface area contributed by atoms with Gasteiger partial charge in [0, 0.05) is 24.7 Å². The molecule has 0 aliphatic rings. The summed E-state index contributed by atoms with van der Waals surface area (Å²) in [6.07, 6.45) is 3.96. The summed E-state index contributed by atoms with van der Waals surface area (Å²) in [5.74, 6) is -0.188. The second-order valence-corrected chi connectivity index (χ2v) is 4.44. The van der Waals surface area contributed by atoms with Gasteiger partial charge in [0.2, 0.25) is 0 Å². The van der Waals surface area contributed by atoms with E-state index >= 15 is 0 Å². The third kappa shape index (κ3) is 2.09. The first-order valence-electron chi connectivity index (χ1n) is 5.57. The highest BCUT2D eigenvalue weighted by molar-refractivity contribution is 5.84. The number of nitrogens with two attached hydrogens (primary N) is 1. The first-order chi connectivity index (χ1) is 7.58. The normalized spacial score (nSPS) is 13.2. The summed E-state index contributed by atoms with van der Waals surface area (Å²) in [6.45, 7) is 2.00. The molecule has 0 spiro atoms. The van der Waals surface area contributed by atoms with Gasteiger partial charge in [0.1, 0.15) is 5.82 Å². The number of rotatable bonds is 3. The lowest BCUT2D eigenvalue weighted by molar-refractivity contribution is 0.629. The Hall–Kier alpha value is -1.35. The minimum Gasteiger partial charge on any atom is -0.350 e. The van der Waals surface area contributed by atoms with Crippen LogP contribution in [0.15, 0.2) is 24.4 Å². The van der Waals surface area contributed by atoms with Gasteiger partial charge in [-0.2, -0.15) is 0 Å². The van der Waals surface area contributed by atoms with Crippen LogP contribution in [0.5, 0.6) is 0 Å². The molecule has 86 valence electrons. The van der Waals surface area contributed by atoms with E-state index in [-0.39, 0.29) is 11.9 Å². The van der Waals surface area contributed by atoms with E-state index in [9.17, 15) is 4.39 Å². The van der Waals surface area contributed by atoms with Crippen LogP contribution in [0.25, 0.3) is 10.9 Å². The number of hydrogen-bond donors (Lipinski definition) is 1. The molecule has 0 bridgehead atoms. The van der Waals surface area contributed by atoms with Crippen molar-refractivity contribution in [3.05, 3.63) is 35.8 Å². The number of hydrogen-bond acceptors (Lipinski definition) is 1. The summed E-state index contributed by atoms with van der Waals surface area (Å²) in [5.41, 5.74) is 7.94. The molecule has 0 radical (unpaired) electrons. The molecule has 0 saturated carbocycles. The summed E-state index contributed by atoms with van der Waals surface area (Å²) >= 11 is 0. The van der Waals surface area contributed by atoms with Crippen molar-refractivity contribution in [2.24, 2.45) is 12.8 Å². The van der Waals surface area contributed by atoms with Crippen LogP contribution >= 0.6 is 0 Å². The van der Waals surface area contributed by atoms with Crippen molar-refractivity contribution in [1.82, 2.24) is 4.57 Å². The van der Waals surface area contributed by atoms with Crippen LogP contribution in [0.3, 0.4) is 0 Å². The third-order valence-corrected chi connectivity index (χ3v) is 2.90. The Morgan fingerprint density at radius 2 is 2.19 bits per heavy atom. The van der Waals surface area contributed by atoms with Crippen LogP contribution in [0.2, 0.25) is 0 Å². The van der Waals surface area contributed by atoms with Gasteiger partial charge in [-0.25, -0.2) is 4.39 Å². The molecule has 1 atom stereocenters. The third-order valence-electron chi connectivity index (χ3n) is 2.90. The molecule has 0 aliphatic carbocycles. The Labute approximate surface area is 94.9 Å². The molecule has 0 fully saturated rings. The maximum atomic E-state index is 13.1. The molecule has 3 heteroatoms. The van der Waals surface area contributed by atoms with Gasteiger partial charge >= 0.3 is 0 Å². The Bertz CT molecular complexity index is 500. The van der Waals surface area contributed by atoms with Gasteiger partial charge in [-0.15, -0.1) is 0 Å². The van der Waals surface area contributed by atoms with Gasteiger partial charge in [-0.3, -0.25) is 0 Å². The van der Waals surface area contributed by atoms with E-state index in [2.05, 4.69) is 6.20 Å². The van der Waals surface area contributed by atoms with Crippen LogP contribution in [-0.4, -0.2) is 10.6 Å². The molecule has 1 heterocycles. The van der Waals surface area contributed by atoms with Gasteiger partial charge in [0.25, 0.3) is 0 Å². The predicted molar refractivity (Wildman–Crippen MR) is 64.8 cm³/mol. The first kappa shape index (κ1) is 11.1. The highest BCUT2D eigenvalue weighted by Gasteiger charge is 2.07. The molecule has 0 unspecified atom stereocenters. The molecule has 2 nitrogen and oxygen atoms in total. The lowest BCUT2D eigenvalue weighted by atomic mass is 10.1. The molecule has 1 aromatic carbocycles. The summed E-state index contributed by atoms with van der Waals surface area (Å²) in [5, 5.41) is 1.13. The minimum absolute atomic E-state index is 0.188. The lowest BCUT2D eigenvalue weighted by Gasteiger charge is -2.03. The molecule has 0 saturated heterocycles. The molecule has 16 heavy (non-hydrogen) atoms. The summed E-state index contributed by atoms with van der Waals surface area (Å²) in [6, 6.07) is 5.14. The standard InChI is InChI=1S/C13H17FN2/c1-9(15)3-4-10-8-16(2)13-7-11(14)5-6-12(10)13/h5-9H,3-4,15H2,1-2H3/t9-/m1/s1. The highest BCUT2D eigenvalue weighted by Crippen LogP contribution is 2.22. The highest BCUT2D eigenvalue weighted by atomic mass is 19.1. The summed E-state index contributed by atoms with van der Waals surface area (Å²) in [4.78, 5) is 0. The first-order valence-corrected chi connectivity index (χ1v) is 5.57. The van der Waals surface area contributed by atoms with E-state index < -0.39 is 0 Å². The van der Waals surface area contributed by atoms with Crippen LogP contribution in [0.1, 0.15) is 18.9 Å². The second-order valence-electron chi connectivity index (χ2n) is 4.44. The van der Waals surface area contributed by atoms with Crippen LogP contribution in [0.4, 0.5) is 4.39 Å². The van der Waals surface area contributed by atoms with Gasteiger partial charge < -0.3 is 10.3 Å². The quantitative estimate of drug-likeness (QED) is 0.847. The van der Waals surface area contributed by atoms with E-state index in [0.29, 0.717) is 0 Å². The van der Waals surface area contributed by atoms with Crippen molar-refractivity contribution < 1.29 is 4.39 Å². The number of fused-ring (bicyclic) bond motifs is 1. The number of nitrogens with zero attached hydrogens (tertiary/aromatic N) is 1. The number of halogens is 1. The fourth-order valence-electron chi connectivity index (χ4n) is 2.02. The average Bonchev–Trinajstić information content (AvgIpc) is 2.53. The Morgan fingerprint density at radius 3 is 2.88 bits per heavy atom. The molecule has 2 rings (SSSR count). The van der Waals surface area contributed by atoms with Crippen LogP contribution in [-0.2, 0) is 13.5 Å². The molecule has 0 aliphatic heterocycles. The zero-order chi connectivity index (χ0) is 11.7. The van der Waals surface area contributed by atoms with Crippen molar-refractivity contribution in [1.29, 1.82) is 0 Å². The van der Waals surface area contributed by atoms with Gasteiger partial charge in [0.15, 0.2) is 0 Å². The molecule has 0 amide bonds. The maximum absolute atomic E-state index is 13.1. The minimum atomic E-state index is -0.188. The monoisotopic (exact) mass is 220 g/mol. The SMILES string of the molecule is C[C@@H](N)CCc1cn(C)c2cc(F)ccc12. The van der Waals surface area contributed by atoms with E-state index in [1.54, 1.807) is 6.07 Å². The summed E-state index contributed by atoms with van der Waals surface area (Å²) < 4.78 is 15.1. The van der Waals surface area contributed by atoms with Crippen molar-refractivity contribution in [2.45, 2.75) is 25.8 Å². The molecule has 1 aromatic heterocycles. The smallest absolute Gasteiger partial charge is 0.125 e. The second kappa shape index (κ2) is 4.26. The molecule has 2 aromatic rings. The fraction of sp³-hybridized carbons (Fsp3) is 0.385. The predicted octanol–water partition coefficient (Wildman–Crippen LogP) is 2.60. The largest absolute Gasteiger partial charge is 0.350 e. The van der Waals surface area contributed by atoms with Gasteiger partial charge in [-0.1, -0.05) is 0 Å². The van der Waals surface area contributed by atoms with Crippen molar-refractivity contribution in [2.75, 3.05) is 0 Å². The van der Waals surface area contributed by atoms with Gasteiger partial charge in [-0.05, 0) is 43.5 Å². The van der Waals surface area contributed by atoms with E-state index in [1.165, 1.54) is 11.6 Å². The Morgan fingerprint density at radius 1 is 1.44 bits per heavy atom. The van der Waals surface area contributed by atoms with Crippen LogP contribution in [0, 0.1) is 5.82 Å². The van der Waals surface area contributed by atoms with E-state index in [0.717, 1.165) is 23.7 Å². The summed E-state index contributed by atoms with van der Waals surface area (Å²) in [7, 11) is 1.94. The molecular weight excluding hydrogens is 203 g/mol. The molecule has 2 N–H and O–H groups in total. The maximum Gasteiger partial charge on any atom is 0.125 e. The molecular formula is C13H17FN2. The Balaban J connectivity index is 2.39. The Kier molecular flexibility index (Phi) is 2.97. The van der Waals surface area contributed by atoms with Gasteiger partial charge in [0.05, 0.1) is 5.52 Å². The fourth-order valence-corrected chi connectivity index (χ4v) is 2.02. The van der Waals surface area contributed by atoms with Crippen molar-refractivity contribution in [3.8, 4) is 0 Å². The van der Waals surface area contributed by atoms with E-state index in [4.69, 9.17) is 5.73 Å². The lowest BCUT2D eigenvalue weighted by Crippen LogP contribution is -2.15. The number of benzene rings is 1. The number of aromatic nitrogens is 1. The zero-order valence-electron chi connectivity index (χ0n) is 9.70. The van der Waals surface area contributed by atoms with Crippen LogP contribution < -0.4 is 5.73 Å². The topological polar surface area (TPSA) is 30.9 Å².